The fourth-order valence-electron chi connectivity index (χ4n) is 1.28. The van der Waals surface area contributed by atoms with Gasteiger partial charge in [0.05, 0.1) is 6.04 Å². The summed E-state index contributed by atoms with van der Waals surface area (Å²) in [6, 6.07) is 5.99. The molecule has 0 aliphatic rings. The van der Waals surface area contributed by atoms with Crippen molar-refractivity contribution in [3.63, 3.8) is 0 Å². The molecular formula is C11H17FN2O. The van der Waals surface area contributed by atoms with E-state index in [1.807, 2.05) is 19.0 Å². The first kappa shape index (κ1) is 11.9. The maximum Gasteiger partial charge on any atom is 0.126 e. The Morgan fingerprint density at radius 3 is 2.80 bits per heavy atom. The molecule has 0 saturated carbocycles. The second-order valence-corrected chi connectivity index (χ2v) is 3.79. The number of hydrogen-bond donors (Lipinski definition) is 1. The summed E-state index contributed by atoms with van der Waals surface area (Å²) in [7, 11) is 3.89. The van der Waals surface area contributed by atoms with Gasteiger partial charge in [0.25, 0.3) is 0 Å². The summed E-state index contributed by atoms with van der Waals surface area (Å²) in [6.45, 7) is 1.14. The Hall–Kier alpha value is -1.13. The molecule has 84 valence electrons. The molecule has 1 aromatic carbocycles. The number of nitrogens with two attached hydrogens (primary N) is 1. The standard InChI is InChI=1S/C11H17FN2O/c1-14(2)7-10(13)8-15-11-5-3-4-9(12)6-11/h3-6,10H,7-8,13H2,1-2H3. The largest absolute Gasteiger partial charge is 0.492 e. The maximum absolute atomic E-state index is 12.8. The number of benzene rings is 1. The molecule has 15 heavy (non-hydrogen) atoms. The van der Waals surface area contributed by atoms with Crippen molar-refractivity contribution in [2.24, 2.45) is 5.73 Å². The van der Waals surface area contributed by atoms with Crippen LogP contribution in [0, 0.1) is 5.82 Å². The fraction of sp³-hybridized carbons (Fsp3) is 0.455. The Balaban J connectivity index is 2.36. The van der Waals surface area contributed by atoms with Crippen LogP contribution in [0.4, 0.5) is 4.39 Å². The predicted molar refractivity (Wildman–Crippen MR) is 58.4 cm³/mol. The Morgan fingerprint density at radius 1 is 1.47 bits per heavy atom. The quantitative estimate of drug-likeness (QED) is 0.794. The molecular weight excluding hydrogens is 195 g/mol. The first-order valence-electron chi connectivity index (χ1n) is 4.86. The molecule has 1 aromatic rings. The molecule has 1 rings (SSSR count). The lowest BCUT2D eigenvalue weighted by Gasteiger charge is -2.17. The summed E-state index contributed by atoms with van der Waals surface area (Å²) >= 11 is 0. The highest BCUT2D eigenvalue weighted by Crippen LogP contribution is 2.11. The molecule has 1 atom stereocenters. The highest BCUT2D eigenvalue weighted by molar-refractivity contribution is 5.22. The number of likely N-dealkylation sites (N-methyl/N-ethyl adjacent to an activating group) is 1. The van der Waals surface area contributed by atoms with Crippen molar-refractivity contribution in [3.8, 4) is 5.75 Å². The van der Waals surface area contributed by atoms with Crippen LogP contribution in [0.5, 0.6) is 5.75 Å². The maximum atomic E-state index is 12.8. The van der Waals surface area contributed by atoms with Crippen LogP contribution in [0.2, 0.25) is 0 Å². The van der Waals surface area contributed by atoms with Crippen LogP contribution in [0.25, 0.3) is 0 Å². The summed E-state index contributed by atoms with van der Waals surface area (Å²) < 4.78 is 18.1. The van der Waals surface area contributed by atoms with Crippen molar-refractivity contribution in [1.29, 1.82) is 0 Å². The van der Waals surface area contributed by atoms with Gasteiger partial charge in [-0.15, -0.1) is 0 Å². The van der Waals surface area contributed by atoms with E-state index < -0.39 is 0 Å². The van der Waals surface area contributed by atoms with Gasteiger partial charge in [-0.1, -0.05) is 6.07 Å². The lowest BCUT2D eigenvalue weighted by molar-refractivity contribution is 0.253. The lowest BCUT2D eigenvalue weighted by atomic mass is 10.3. The summed E-state index contributed by atoms with van der Waals surface area (Å²) in [4.78, 5) is 1.99. The van der Waals surface area contributed by atoms with Crippen LogP contribution >= 0.6 is 0 Å². The molecule has 0 heterocycles. The fourth-order valence-corrected chi connectivity index (χ4v) is 1.28. The van der Waals surface area contributed by atoms with E-state index in [2.05, 4.69) is 0 Å². The highest BCUT2D eigenvalue weighted by Gasteiger charge is 2.05. The average molecular weight is 212 g/mol. The topological polar surface area (TPSA) is 38.5 Å². The van der Waals surface area contributed by atoms with Crippen LogP contribution in [0.1, 0.15) is 0 Å². The van der Waals surface area contributed by atoms with Gasteiger partial charge < -0.3 is 15.4 Å². The molecule has 0 aliphatic carbocycles. The minimum atomic E-state index is -0.298. The van der Waals surface area contributed by atoms with Crippen molar-refractivity contribution in [2.45, 2.75) is 6.04 Å². The number of ether oxygens (including phenoxy) is 1. The Labute approximate surface area is 89.6 Å². The van der Waals surface area contributed by atoms with Gasteiger partial charge >= 0.3 is 0 Å². The summed E-state index contributed by atoms with van der Waals surface area (Å²) in [6.07, 6.45) is 0. The molecule has 0 fully saturated rings. The van der Waals surface area contributed by atoms with E-state index in [9.17, 15) is 4.39 Å². The van der Waals surface area contributed by atoms with Gasteiger partial charge in [0.15, 0.2) is 0 Å². The third-order valence-corrected chi connectivity index (χ3v) is 1.86. The van der Waals surface area contributed by atoms with Crippen LogP contribution in [-0.4, -0.2) is 38.2 Å². The van der Waals surface area contributed by atoms with Gasteiger partial charge in [0.2, 0.25) is 0 Å². The normalized spacial score (nSPS) is 12.9. The number of nitrogens with zero attached hydrogens (tertiary/aromatic N) is 1. The number of hydrogen-bond acceptors (Lipinski definition) is 3. The SMILES string of the molecule is CN(C)CC(N)COc1cccc(F)c1. The zero-order valence-corrected chi connectivity index (χ0v) is 9.11. The summed E-state index contributed by atoms with van der Waals surface area (Å²) in [5, 5.41) is 0. The van der Waals surface area contributed by atoms with Crippen molar-refractivity contribution in [3.05, 3.63) is 30.1 Å². The average Bonchev–Trinajstić information content (AvgIpc) is 2.14. The Kier molecular flexibility index (Phi) is 4.52. The van der Waals surface area contributed by atoms with Crippen LogP contribution in [-0.2, 0) is 0 Å². The summed E-state index contributed by atoms with van der Waals surface area (Å²) in [5.74, 6) is 0.220. The van der Waals surface area contributed by atoms with Gasteiger partial charge in [-0.25, -0.2) is 4.39 Å². The first-order valence-corrected chi connectivity index (χ1v) is 4.86. The molecule has 0 aromatic heterocycles. The van der Waals surface area contributed by atoms with E-state index in [4.69, 9.17) is 10.5 Å². The molecule has 0 saturated heterocycles. The Bertz CT molecular complexity index is 304. The smallest absolute Gasteiger partial charge is 0.126 e. The van der Waals surface area contributed by atoms with Gasteiger partial charge in [-0.05, 0) is 26.2 Å². The van der Waals surface area contributed by atoms with E-state index in [1.165, 1.54) is 12.1 Å². The number of rotatable bonds is 5. The van der Waals surface area contributed by atoms with E-state index in [1.54, 1.807) is 12.1 Å². The molecule has 1 unspecified atom stereocenters. The summed E-state index contributed by atoms with van der Waals surface area (Å²) in [5.41, 5.74) is 5.80. The third-order valence-electron chi connectivity index (χ3n) is 1.86. The van der Waals surface area contributed by atoms with Crippen LogP contribution < -0.4 is 10.5 Å². The van der Waals surface area contributed by atoms with Crippen molar-refractivity contribution in [1.82, 2.24) is 4.90 Å². The van der Waals surface area contributed by atoms with Gasteiger partial charge in [0.1, 0.15) is 18.2 Å². The second-order valence-electron chi connectivity index (χ2n) is 3.79. The lowest BCUT2D eigenvalue weighted by Crippen LogP contribution is -2.37. The molecule has 3 nitrogen and oxygen atoms in total. The molecule has 4 heteroatoms. The molecule has 0 spiro atoms. The van der Waals surface area contributed by atoms with Crippen molar-refractivity contribution >= 4 is 0 Å². The highest BCUT2D eigenvalue weighted by atomic mass is 19.1. The van der Waals surface area contributed by atoms with Gasteiger partial charge in [0, 0.05) is 12.6 Å². The van der Waals surface area contributed by atoms with Gasteiger partial charge in [-0.3, -0.25) is 0 Å². The molecule has 0 bridgehead atoms. The number of halogens is 1. The van der Waals surface area contributed by atoms with E-state index in [0.29, 0.717) is 12.4 Å². The van der Waals surface area contributed by atoms with Gasteiger partial charge in [-0.2, -0.15) is 0 Å². The van der Waals surface area contributed by atoms with E-state index >= 15 is 0 Å². The zero-order valence-electron chi connectivity index (χ0n) is 9.11. The van der Waals surface area contributed by atoms with E-state index in [-0.39, 0.29) is 11.9 Å². The molecule has 0 amide bonds. The van der Waals surface area contributed by atoms with Crippen molar-refractivity contribution in [2.75, 3.05) is 27.2 Å². The zero-order chi connectivity index (χ0) is 11.3. The van der Waals surface area contributed by atoms with Crippen LogP contribution in [0.3, 0.4) is 0 Å². The third kappa shape index (κ3) is 4.76. The molecule has 2 N–H and O–H groups in total. The van der Waals surface area contributed by atoms with Crippen molar-refractivity contribution < 1.29 is 9.13 Å². The minimum Gasteiger partial charge on any atom is -0.492 e. The van der Waals surface area contributed by atoms with Crippen LogP contribution in [0.15, 0.2) is 24.3 Å². The monoisotopic (exact) mass is 212 g/mol. The molecule has 0 radical (unpaired) electrons. The Morgan fingerprint density at radius 2 is 2.20 bits per heavy atom. The minimum absolute atomic E-state index is 0.0664. The molecule has 0 aliphatic heterocycles. The first-order chi connectivity index (χ1) is 7.08. The predicted octanol–water partition coefficient (Wildman–Crippen LogP) is 1.09. The second kappa shape index (κ2) is 5.68. The van der Waals surface area contributed by atoms with E-state index in [0.717, 1.165) is 6.54 Å².